The van der Waals surface area contributed by atoms with E-state index in [0.717, 1.165) is 18.4 Å². The van der Waals surface area contributed by atoms with Crippen molar-refractivity contribution >= 4 is 5.69 Å². The highest BCUT2D eigenvalue weighted by molar-refractivity contribution is 5.48. The maximum absolute atomic E-state index is 13.7. The van der Waals surface area contributed by atoms with Crippen LogP contribution in [0.15, 0.2) is 18.2 Å². The van der Waals surface area contributed by atoms with Crippen molar-refractivity contribution in [3.63, 3.8) is 0 Å². The van der Waals surface area contributed by atoms with E-state index in [1.54, 1.807) is 13.2 Å². The zero-order chi connectivity index (χ0) is 12.3. The molecule has 2 nitrogen and oxygen atoms in total. The number of ether oxygens (including phenoxy) is 1. The molecule has 0 heterocycles. The van der Waals surface area contributed by atoms with Gasteiger partial charge in [-0.3, -0.25) is 0 Å². The molecule has 0 saturated heterocycles. The third-order valence-corrected chi connectivity index (χ3v) is 3.47. The minimum absolute atomic E-state index is 0.184. The smallest absolute Gasteiger partial charge is 0.146 e. The second kappa shape index (κ2) is 5.50. The van der Waals surface area contributed by atoms with E-state index >= 15 is 0 Å². The molecule has 1 saturated carbocycles. The van der Waals surface area contributed by atoms with Crippen LogP contribution in [-0.4, -0.2) is 19.3 Å². The number of hydrogen-bond donors (Lipinski definition) is 1. The number of anilines is 1. The predicted octanol–water partition coefficient (Wildman–Crippen LogP) is 3.50. The molecule has 2 unspecified atom stereocenters. The average Bonchev–Trinajstić information content (AvgIpc) is 2.34. The van der Waals surface area contributed by atoms with E-state index in [9.17, 15) is 4.39 Å². The molecule has 0 spiro atoms. The molecule has 0 bridgehead atoms. The summed E-state index contributed by atoms with van der Waals surface area (Å²) in [5, 5.41) is 3.29. The summed E-state index contributed by atoms with van der Waals surface area (Å²) in [6, 6.07) is 5.39. The minimum atomic E-state index is -0.184. The van der Waals surface area contributed by atoms with Gasteiger partial charge in [-0.2, -0.15) is 0 Å². The van der Waals surface area contributed by atoms with Gasteiger partial charge in [0, 0.05) is 7.11 Å². The van der Waals surface area contributed by atoms with Crippen molar-refractivity contribution in [2.75, 3.05) is 12.4 Å². The number of rotatable bonds is 3. The van der Waals surface area contributed by atoms with Crippen LogP contribution in [0.1, 0.15) is 31.2 Å². The Morgan fingerprint density at radius 2 is 2.06 bits per heavy atom. The zero-order valence-electron chi connectivity index (χ0n) is 10.5. The second-order valence-corrected chi connectivity index (χ2v) is 4.79. The van der Waals surface area contributed by atoms with Crippen molar-refractivity contribution in [1.82, 2.24) is 0 Å². The number of methoxy groups -OCH3 is 1. The van der Waals surface area contributed by atoms with Gasteiger partial charge < -0.3 is 10.1 Å². The maximum Gasteiger partial charge on any atom is 0.146 e. The largest absolute Gasteiger partial charge is 0.379 e. The molecule has 1 N–H and O–H groups in total. The first-order valence-electron chi connectivity index (χ1n) is 6.26. The fraction of sp³-hybridized carbons (Fsp3) is 0.571. The topological polar surface area (TPSA) is 21.3 Å². The van der Waals surface area contributed by atoms with Gasteiger partial charge in [-0.1, -0.05) is 18.9 Å². The van der Waals surface area contributed by atoms with Crippen molar-refractivity contribution in [2.45, 2.75) is 44.8 Å². The summed E-state index contributed by atoms with van der Waals surface area (Å²) in [4.78, 5) is 0. The highest BCUT2D eigenvalue weighted by Gasteiger charge is 2.25. The number of hydrogen-bond acceptors (Lipinski definition) is 2. The van der Waals surface area contributed by atoms with Gasteiger partial charge in [-0.05, 0) is 37.5 Å². The van der Waals surface area contributed by atoms with Crippen molar-refractivity contribution in [1.29, 1.82) is 0 Å². The van der Waals surface area contributed by atoms with Crippen molar-refractivity contribution < 1.29 is 9.13 Å². The van der Waals surface area contributed by atoms with Crippen molar-refractivity contribution in [3.05, 3.63) is 29.6 Å². The number of halogens is 1. The normalized spacial score (nSPS) is 24.6. The van der Waals surface area contributed by atoms with Crippen LogP contribution in [0.4, 0.5) is 10.1 Å². The lowest BCUT2D eigenvalue weighted by atomic mass is 9.92. The summed E-state index contributed by atoms with van der Waals surface area (Å²) < 4.78 is 19.1. The molecule has 1 aromatic carbocycles. The molecule has 17 heavy (non-hydrogen) atoms. The van der Waals surface area contributed by atoms with Gasteiger partial charge in [0.05, 0.1) is 17.8 Å². The minimum Gasteiger partial charge on any atom is -0.379 e. The highest BCUT2D eigenvalue weighted by atomic mass is 19.1. The Bertz CT molecular complexity index is 380. The first-order chi connectivity index (χ1) is 8.20. The third kappa shape index (κ3) is 2.97. The summed E-state index contributed by atoms with van der Waals surface area (Å²) in [6.07, 6.45) is 4.69. The van der Waals surface area contributed by atoms with E-state index in [2.05, 4.69) is 5.32 Å². The zero-order valence-corrected chi connectivity index (χ0v) is 10.5. The molecule has 1 aromatic rings. The van der Waals surface area contributed by atoms with Crippen LogP contribution >= 0.6 is 0 Å². The van der Waals surface area contributed by atoms with Crippen molar-refractivity contribution in [2.24, 2.45) is 0 Å². The third-order valence-electron chi connectivity index (χ3n) is 3.47. The second-order valence-electron chi connectivity index (χ2n) is 4.79. The summed E-state index contributed by atoms with van der Waals surface area (Å²) in [6.45, 7) is 1.97. The quantitative estimate of drug-likeness (QED) is 0.868. The van der Waals surface area contributed by atoms with Crippen LogP contribution in [0.25, 0.3) is 0 Å². The Morgan fingerprint density at radius 3 is 2.82 bits per heavy atom. The summed E-state index contributed by atoms with van der Waals surface area (Å²) in [7, 11) is 1.73. The lowest BCUT2D eigenvalue weighted by Crippen LogP contribution is -2.38. The van der Waals surface area contributed by atoms with E-state index in [1.165, 1.54) is 18.9 Å². The van der Waals surface area contributed by atoms with Crippen LogP contribution < -0.4 is 5.32 Å². The number of nitrogens with one attached hydrogen (secondary N) is 1. The molecule has 2 rings (SSSR count). The SMILES string of the molecule is COC1CCCCC1Nc1cc(C)ccc1F. The first kappa shape index (κ1) is 12.4. The molecule has 0 aromatic heterocycles. The summed E-state index contributed by atoms with van der Waals surface area (Å²) >= 11 is 0. The van der Waals surface area contributed by atoms with Gasteiger partial charge in [-0.25, -0.2) is 4.39 Å². The predicted molar refractivity (Wildman–Crippen MR) is 67.8 cm³/mol. The molecular weight excluding hydrogens is 217 g/mol. The van der Waals surface area contributed by atoms with E-state index in [1.807, 2.05) is 13.0 Å². The van der Waals surface area contributed by atoms with Gasteiger partial charge in [0.15, 0.2) is 0 Å². The molecule has 3 heteroatoms. The van der Waals surface area contributed by atoms with Gasteiger partial charge in [0.1, 0.15) is 5.82 Å². The molecule has 2 atom stereocenters. The molecule has 0 aliphatic heterocycles. The van der Waals surface area contributed by atoms with Crippen LogP contribution in [0.3, 0.4) is 0 Å². The maximum atomic E-state index is 13.7. The van der Waals surface area contributed by atoms with E-state index < -0.39 is 0 Å². The number of benzene rings is 1. The first-order valence-corrected chi connectivity index (χ1v) is 6.26. The van der Waals surface area contributed by atoms with Gasteiger partial charge in [0.25, 0.3) is 0 Å². The van der Waals surface area contributed by atoms with Crippen molar-refractivity contribution in [3.8, 4) is 0 Å². The molecule has 1 fully saturated rings. The molecule has 0 radical (unpaired) electrons. The lowest BCUT2D eigenvalue weighted by molar-refractivity contribution is 0.0605. The fourth-order valence-electron chi connectivity index (χ4n) is 2.49. The lowest BCUT2D eigenvalue weighted by Gasteiger charge is -2.32. The van der Waals surface area contributed by atoms with Gasteiger partial charge in [-0.15, -0.1) is 0 Å². The van der Waals surface area contributed by atoms with Gasteiger partial charge in [0.2, 0.25) is 0 Å². The van der Waals surface area contributed by atoms with E-state index in [-0.39, 0.29) is 18.0 Å². The standard InChI is InChI=1S/C14H20FNO/c1-10-7-8-11(15)13(9-10)16-12-5-3-4-6-14(12)17-2/h7-9,12,14,16H,3-6H2,1-2H3. The monoisotopic (exact) mass is 237 g/mol. The Hall–Kier alpha value is -1.09. The van der Waals surface area contributed by atoms with Crippen LogP contribution in [0.5, 0.6) is 0 Å². The Balaban J connectivity index is 2.10. The molecule has 94 valence electrons. The fourth-order valence-corrected chi connectivity index (χ4v) is 2.49. The molecule has 0 amide bonds. The summed E-state index contributed by atoms with van der Waals surface area (Å²) in [5.74, 6) is -0.184. The van der Waals surface area contributed by atoms with E-state index in [0.29, 0.717) is 5.69 Å². The Morgan fingerprint density at radius 1 is 1.29 bits per heavy atom. The average molecular weight is 237 g/mol. The highest BCUT2D eigenvalue weighted by Crippen LogP contribution is 2.25. The Labute approximate surface area is 102 Å². The molecular formula is C14H20FNO. The molecule has 1 aliphatic rings. The van der Waals surface area contributed by atoms with Crippen LogP contribution in [0, 0.1) is 12.7 Å². The Kier molecular flexibility index (Phi) is 4.00. The molecule has 1 aliphatic carbocycles. The number of aryl methyl sites for hydroxylation is 1. The van der Waals surface area contributed by atoms with Gasteiger partial charge >= 0.3 is 0 Å². The van der Waals surface area contributed by atoms with Crippen LogP contribution in [0.2, 0.25) is 0 Å². The van der Waals surface area contributed by atoms with E-state index in [4.69, 9.17) is 4.74 Å². The summed E-state index contributed by atoms with van der Waals surface area (Å²) in [5.41, 5.74) is 1.66. The van der Waals surface area contributed by atoms with Crippen LogP contribution in [-0.2, 0) is 4.74 Å².